The van der Waals surface area contributed by atoms with Crippen molar-refractivity contribution in [1.29, 1.82) is 0 Å². The van der Waals surface area contributed by atoms with Crippen molar-refractivity contribution >= 4 is 29.3 Å². The van der Waals surface area contributed by atoms with Crippen LogP contribution in [0.5, 0.6) is 0 Å². The van der Waals surface area contributed by atoms with E-state index in [1.807, 2.05) is 4.90 Å². The molecule has 164 valence electrons. The van der Waals surface area contributed by atoms with Gasteiger partial charge in [-0.1, -0.05) is 12.1 Å². The fourth-order valence-electron chi connectivity index (χ4n) is 3.28. The molecule has 1 N–H and O–H groups in total. The van der Waals surface area contributed by atoms with Crippen LogP contribution in [0.3, 0.4) is 0 Å². The van der Waals surface area contributed by atoms with E-state index in [1.54, 1.807) is 30.0 Å². The van der Waals surface area contributed by atoms with Gasteiger partial charge in [0.25, 0.3) is 5.91 Å². The molecule has 0 radical (unpaired) electrons. The summed E-state index contributed by atoms with van der Waals surface area (Å²) in [5.74, 6) is -0.822. The maximum atomic E-state index is 13.7. The quantitative estimate of drug-likeness (QED) is 0.682. The van der Waals surface area contributed by atoms with Gasteiger partial charge in [-0.2, -0.15) is 0 Å². The van der Waals surface area contributed by atoms with Crippen molar-refractivity contribution in [2.75, 3.05) is 43.0 Å². The number of amides is 2. The van der Waals surface area contributed by atoms with Gasteiger partial charge in [0.2, 0.25) is 5.91 Å². The number of hydrogen-bond acceptors (Lipinski definition) is 6. The first-order valence-corrected chi connectivity index (χ1v) is 10.2. The number of rotatable bonds is 7. The van der Waals surface area contributed by atoms with Crippen molar-refractivity contribution in [3.05, 3.63) is 54.0 Å². The van der Waals surface area contributed by atoms with Gasteiger partial charge >= 0.3 is 5.97 Å². The van der Waals surface area contributed by atoms with Crippen LogP contribution in [0.15, 0.2) is 42.6 Å². The smallest absolute Gasteiger partial charge is 0.306 e. The minimum absolute atomic E-state index is 0.0321. The highest BCUT2D eigenvalue weighted by Gasteiger charge is 2.22. The number of carbonyl (C=O) groups is 3. The number of nitrogens with zero attached hydrogens (tertiary/aromatic N) is 3. The highest BCUT2D eigenvalue weighted by atomic mass is 19.1. The second-order valence-electron chi connectivity index (χ2n) is 7.01. The van der Waals surface area contributed by atoms with E-state index in [4.69, 9.17) is 4.74 Å². The van der Waals surface area contributed by atoms with Gasteiger partial charge < -0.3 is 19.9 Å². The Morgan fingerprint density at radius 1 is 1.06 bits per heavy atom. The summed E-state index contributed by atoms with van der Waals surface area (Å²) >= 11 is 0. The lowest BCUT2D eigenvalue weighted by Crippen LogP contribution is -2.49. The maximum absolute atomic E-state index is 13.7. The summed E-state index contributed by atoms with van der Waals surface area (Å²) in [5.41, 5.74) is 0.431. The van der Waals surface area contributed by atoms with Crippen molar-refractivity contribution < 1.29 is 23.5 Å². The largest absolute Gasteiger partial charge is 0.466 e. The molecule has 1 aromatic heterocycles. The van der Waals surface area contributed by atoms with E-state index in [0.29, 0.717) is 38.5 Å². The summed E-state index contributed by atoms with van der Waals surface area (Å²) in [5, 5.41) is 2.63. The number of halogens is 1. The van der Waals surface area contributed by atoms with Crippen LogP contribution in [-0.4, -0.2) is 60.5 Å². The highest BCUT2D eigenvalue weighted by Crippen LogP contribution is 2.18. The number of piperazine rings is 1. The van der Waals surface area contributed by atoms with Crippen molar-refractivity contribution in [1.82, 2.24) is 9.88 Å². The van der Waals surface area contributed by atoms with E-state index in [-0.39, 0.29) is 30.3 Å². The molecule has 1 aliphatic rings. The van der Waals surface area contributed by atoms with E-state index >= 15 is 0 Å². The molecular formula is C22H25FN4O4. The predicted molar refractivity (Wildman–Crippen MR) is 113 cm³/mol. The molecule has 31 heavy (non-hydrogen) atoms. The molecule has 0 aliphatic carbocycles. The van der Waals surface area contributed by atoms with Gasteiger partial charge in [0.1, 0.15) is 11.6 Å². The van der Waals surface area contributed by atoms with Gasteiger partial charge in [0.15, 0.2) is 0 Å². The van der Waals surface area contributed by atoms with E-state index in [9.17, 15) is 18.8 Å². The van der Waals surface area contributed by atoms with E-state index in [0.717, 1.165) is 5.82 Å². The molecule has 0 unspecified atom stereocenters. The van der Waals surface area contributed by atoms with Crippen LogP contribution < -0.4 is 10.2 Å². The van der Waals surface area contributed by atoms with Crippen molar-refractivity contribution in [3.63, 3.8) is 0 Å². The molecule has 1 saturated heterocycles. The average Bonchev–Trinajstić information content (AvgIpc) is 2.78. The van der Waals surface area contributed by atoms with Crippen LogP contribution in [0.25, 0.3) is 0 Å². The Hall–Kier alpha value is -3.49. The summed E-state index contributed by atoms with van der Waals surface area (Å²) in [6.07, 6.45) is 1.76. The van der Waals surface area contributed by atoms with Crippen molar-refractivity contribution in [3.8, 4) is 0 Å². The van der Waals surface area contributed by atoms with Gasteiger partial charge in [-0.05, 0) is 31.2 Å². The Kier molecular flexibility index (Phi) is 7.53. The fraction of sp³-hybridized carbons (Fsp3) is 0.364. The lowest BCUT2D eigenvalue weighted by atomic mass is 10.2. The number of hydrogen-bond donors (Lipinski definition) is 1. The third-order valence-electron chi connectivity index (χ3n) is 4.93. The number of esters is 1. The van der Waals surface area contributed by atoms with Crippen LogP contribution in [0.2, 0.25) is 0 Å². The molecule has 9 heteroatoms. The second-order valence-corrected chi connectivity index (χ2v) is 7.01. The monoisotopic (exact) mass is 428 g/mol. The molecule has 1 aromatic carbocycles. The van der Waals surface area contributed by atoms with Gasteiger partial charge in [0.05, 0.1) is 30.5 Å². The van der Waals surface area contributed by atoms with E-state index < -0.39 is 11.7 Å². The first kappa shape index (κ1) is 22.2. The predicted octanol–water partition coefficient (Wildman–Crippen LogP) is 2.46. The lowest BCUT2D eigenvalue weighted by Gasteiger charge is -2.35. The standard InChI is InChI=1S/C22H25FN4O4/c1-2-31-21(29)10-9-20(28)27-13-11-26(12-14-27)19-8-7-16(15-24-19)25-22(30)17-5-3-4-6-18(17)23/h3-8,15H,2,9-14H2,1H3,(H,25,30). The fourth-order valence-corrected chi connectivity index (χ4v) is 3.28. The summed E-state index contributed by atoms with van der Waals surface area (Å²) in [6.45, 7) is 4.34. The van der Waals surface area contributed by atoms with Crippen LogP contribution in [0.4, 0.5) is 15.9 Å². The Balaban J connectivity index is 1.49. The first-order valence-electron chi connectivity index (χ1n) is 10.2. The number of nitrogens with one attached hydrogen (secondary N) is 1. The Bertz CT molecular complexity index is 927. The molecule has 3 rings (SSSR count). The SMILES string of the molecule is CCOC(=O)CCC(=O)N1CCN(c2ccc(NC(=O)c3ccccc3F)cn2)CC1. The highest BCUT2D eigenvalue weighted by molar-refractivity contribution is 6.04. The number of pyridine rings is 1. The summed E-state index contributed by atoms with van der Waals surface area (Å²) in [7, 11) is 0. The van der Waals surface area contributed by atoms with E-state index in [2.05, 4.69) is 10.3 Å². The molecule has 0 saturated carbocycles. The topological polar surface area (TPSA) is 91.8 Å². The zero-order valence-electron chi connectivity index (χ0n) is 17.3. The normalized spacial score (nSPS) is 13.6. The molecule has 2 amide bonds. The molecule has 8 nitrogen and oxygen atoms in total. The molecule has 1 aliphatic heterocycles. The third-order valence-corrected chi connectivity index (χ3v) is 4.93. The molecule has 0 bridgehead atoms. The third kappa shape index (κ3) is 6.00. The average molecular weight is 428 g/mol. The minimum Gasteiger partial charge on any atom is -0.466 e. The Morgan fingerprint density at radius 2 is 1.81 bits per heavy atom. The van der Waals surface area contributed by atoms with Crippen molar-refractivity contribution in [2.45, 2.75) is 19.8 Å². The number of benzene rings is 1. The number of aromatic nitrogens is 1. The summed E-state index contributed by atoms with van der Waals surface area (Å²) in [6, 6.07) is 9.25. The first-order chi connectivity index (χ1) is 15.0. The van der Waals surface area contributed by atoms with Crippen LogP contribution in [-0.2, 0) is 14.3 Å². The number of ether oxygens (including phenoxy) is 1. The second kappa shape index (κ2) is 10.5. The zero-order chi connectivity index (χ0) is 22.2. The van der Waals surface area contributed by atoms with Crippen LogP contribution in [0, 0.1) is 5.82 Å². The molecule has 2 heterocycles. The summed E-state index contributed by atoms with van der Waals surface area (Å²) < 4.78 is 18.6. The number of carbonyl (C=O) groups excluding carboxylic acids is 3. The Morgan fingerprint density at radius 3 is 2.45 bits per heavy atom. The van der Waals surface area contributed by atoms with Crippen molar-refractivity contribution in [2.24, 2.45) is 0 Å². The summed E-state index contributed by atoms with van der Waals surface area (Å²) in [4.78, 5) is 44.0. The van der Waals surface area contributed by atoms with E-state index in [1.165, 1.54) is 24.4 Å². The molecular weight excluding hydrogens is 403 g/mol. The molecule has 0 spiro atoms. The van der Waals surface area contributed by atoms with Gasteiger partial charge in [-0.3, -0.25) is 14.4 Å². The number of anilines is 2. The van der Waals surface area contributed by atoms with Gasteiger partial charge in [0, 0.05) is 32.6 Å². The lowest BCUT2D eigenvalue weighted by molar-refractivity contribution is -0.145. The van der Waals surface area contributed by atoms with Crippen LogP contribution >= 0.6 is 0 Å². The van der Waals surface area contributed by atoms with Crippen LogP contribution in [0.1, 0.15) is 30.1 Å². The molecule has 2 aromatic rings. The Labute approximate surface area is 180 Å². The van der Waals surface area contributed by atoms with Gasteiger partial charge in [-0.15, -0.1) is 0 Å². The maximum Gasteiger partial charge on any atom is 0.306 e. The van der Waals surface area contributed by atoms with Gasteiger partial charge in [-0.25, -0.2) is 9.37 Å². The minimum atomic E-state index is -0.584. The zero-order valence-corrected chi connectivity index (χ0v) is 17.3. The molecule has 1 fully saturated rings. The molecule has 0 atom stereocenters.